The molecule has 0 N–H and O–H groups in total. The Morgan fingerprint density at radius 3 is 2.62 bits per heavy atom. The second-order valence-electron chi connectivity index (χ2n) is 7.83. The molecule has 0 radical (unpaired) electrons. The van der Waals surface area contributed by atoms with Crippen molar-refractivity contribution in [3.8, 4) is 0 Å². The summed E-state index contributed by atoms with van der Waals surface area (Å²) in [5.74, 6) is 1.92. The van der Waals surface area contributed by atoms with Gasteiger partial charge in [-0.1, -0.05) is 26.2 Å². The molecule has 3 nitrogen and oxygen atoms in total. The Hall–Kier alpha value is -0.120. The van der Waals surface area contributed by atoms with Crippen LogP contribution in [0.15, 0.2) is 0 Å². The standard InChI is InChI=1S/C18H32O3/c1-14(20-7-6-17-13-19-8-9-21-17)18(2)11-15-4-3-5-16(10-15)12-18/h14-17H,3-13H2,1-2H3/t14-,15?,16?,17?,18?/m0/s1. The molecule has 1 aliphatic heterocycles. The zero-order valence-electron chi connectivity index (χ0n) is 13.8. The van der Waals surface area contributed by atoms with Gasteiger partial charge in [-0.2, -0.15) is 0 Å². The van der Waals surface area contributed by atoms with Crippen molar-refractivity contribution in [2.75, 3.05) is 26.4 Å². The van der Waals surface area contributed by atoms with Crippen molar-refractivity contribution in [1.82, 2.24) is 0 Å². The predicted octanol–water partition coefficient (Wildman–Crippen LogP) is 3.80. The van der Waals surface area contributed by atoms with Crippen LogP contribution in [0.4, 0.5) is 0 Å². The fourth-order valence-corrected chi connectivity index (χ4v) is 4.79. The van der Waals surface area contributed by atoms with Gasteiger partial charge in [0, 0.05) is 6.61 Å². The van der Waals surface area contributed by atoms with Crippen LogP contribution in [-0.4, -0.2) is 38.6 Å². The van der Waals surface area contributed by atoms with Gasteiger partial charge in [0.25, 0.3) is 0 Å². The maximum absolute atomic E-state index is 6.22. The first-order valence-electron chi connectivity index (χ1n) is 8.97. The van der Waals surface area contributed by atoms with Crippen LogP contribution < -0.4 is 0 Å². The number of ether oxygens (including phenoxy) is 3. The first-order valence-corrected chi connectivity index (χ1v) is 8.97. The summed E-state index contributed by atoms with van der Waals surface area (Å²) in [5, 5.41) is 0. The van der Waals surface area contributed by atoms with E-state index in [4.69, 9.17) is 14.2 Å². The number of rotatable bonds is 5. The summed E-state index contributed by atoms with van der Waals surface area (Å²) in [6.45, 7) is 7.77. The lowest BCUT2D eigenvalue weighted by Gasteiger charge is -2.48. The quantitative estimate of drug-likeness (QED) is 0.772. The normalized spacial score (nSPS) is 41.7. The molecule has 1 heterocycles. The molecule has 122 valence electrons. The molecule has 0 amide bonds. The first-order chi connectivity index (χ1) is 10.2. The third kappa shape index (κ3) is 4.00. The van der Waals surface area contributed by atoms with Crippen molar-refractivity contribution in [2.45, 2.75) is 71.0 Å². The Morgan fingerprint density at radius 2 is 1.95 bits per heavy atom. The zero-order valence-corrected chi connectivity index (χ0v) is 13.8. The van der Waals surface area contributed by atoms with Crippen LogP contribution in [0.2, 0.25) is 0 Å². The van der Waals surface area contributed by atoms with Gasteiger partial charge in [0.2, 0.25) is 0 Å². The molecular formula is C18H32O3. The van der Waals surface area contributed by atoms with E-state index in [2.05, 4.69) is 13.8 Å². The molecule has 0 spiro atoms. The molecule has 3 aliphatic rings. The first kappa shape index (κ1) is 15.8. The van der Waals surface area contributed by atoms with Crippen molar-refractivity contribution in [1.29, 1.82) is 0 Å². The highest BCUT2D eigenvalue weighted by Gasteiger charge is 2.42. The molecule has 3 fully saturated rings. The van der Waals surface area contributed by atoms with Crippen LogP contribution in [0.25, 0.3) is 0 Å². The molecular weight excluding hydrogens is 264 g/mol. The lowest BCUT2D eigenvalue weighted by atomic mass is 9.60. The van der Waals surface area contributed by atoms with Gasteiger partial charge in [0.05, 0.1) is 32.0 Å². The van der Waals surface area contributed by atoms with Crippen molar-refractivity contribution in [3.63, 3.8) is 0 Å². The van der Waals surface area contributed by atoms with Crippen LogP contribution in [0.5, 0.6) is 0 Å². The van der Waals surface area contributed by atoms with E-state index < -0.39 is 0 Å². The van der Waals surface area contributed by atoms with Gasteiger partial charge in [-0.3, -0.25) is 0 Å². The molecule has 3 heteroatoms. The van der Waals surface area contributed by atoms with Gasteiger partial charge in [-0.05, 0) is 49.9 Å². The second-order valence-corrected chi connectivity index (χ2v) is 7.83. The number of hydrogen-bond donors (Lipinski definition) is 0. The fraction of sp³-hybridized carbons (Fsp3) is 1.00. The van der Waals surface area contributed by atoms with Crippen LogP contribution in [-0.2, 0) is 14.2 Å². The Bertz CT molecular complexity index is 312. The van der Waals surface area contributed by atoms with Gasteiger partial charge >= 0.3 is 0 Å². The molecule has 2 saturated carbocycles. The molecule has 0 aromatic carbocycles. The lowest BCUT2D eigenvalue weighted by molar-refractivity contribution is -0.113. The summed E-state index contributed by atoms with van der Waals surface area (Å²) in [5.41, 5.74) is 0.387. The molecule has 4 atom stereocenters. The third-order valence-corrected chi connectivity index (χ3v) is 6.08. The minimum atomic E-state index is 0.240. The second kappa shape index (κ2) is 6.97. The molecule has 3 rings (SSSR count). The van der Waals surface area contributed by atoms with E-state index in [0.29, 0.717) is 11.5 Å². The molecule has 0 aromatic rings. The number of fused-ring (bicyclic) bond motifs is 2. The average molecular weight is 296 g/mol. The maximum Gasteiger partial charge on any atom is 0.0831 e. The maximum atomic E-state index is 6.22. The van der Waals surface area contributed by atoms with E-state index >= 15 is 0 Å². The highest BCUT2D eigenvalue weighted by atomic mass is 16.6. The van der Waals surface area contributed by atoms with Gasteiger partial charge in [-0.25, -0.2) is 0 Å². The van der Waals surface area contributed by atoms with E-state index in [0.717, 1.165) is 44.7 Å². The molecule has 1 saturated heterocycles. The highest BCUT2D eigenvalue weighted by Crippen LogP contribution is 2.50. The Labute approximate surface area is 129 Å². The molecule has 3 unspecified atom stereocenters. The van der Waals surface area contributed by atoms with Gasteiger partial charge < -0.3 is 14.2 Å². The fourth-order valence-electron chi connectivity index (χ4n) is 4.79. The minimum absolute atomic E-state index is 0.240. The smallest absolute Gasteiger partial charge is 0.0831 e. The van der Waals surface area contributed by atoms with E-state index in [1.54, 1.807) is 0 Å². The van der Waals surface area contributed by atoms with E-state index in [1.165, 1.54) is 38.5 Å². The van der Waals surface area contributed by atoms with Gasteiger partial charge in [0.15, 0.2) is 0 Å². The van der Waals surface area contributed by atoms with Crippen molar-refractivity contribution in [2.24, 2.45) is 17.3 Å². The lowest BCUT2D eigenvalue weighted by Crippen LogP contribution is -2.42. The SMILES string of the molecule is C[C@H](OCCC1COCCO1)C1(C)CC2CCCC(C2)C1. The molecule has 2 aliphatic carbocycles. The molecule has 21 heavy (non-hydrogen) atoms. The largest absolute Gasteiger partial charge is 0.378 e. The van der Waals surface area contributed by atoms with Crippen molar-refractivity contribution in [3.05, 3.63) is 0 Å². The summed E-state index contributed by atoms with van der Waals surface area (Å²) < 4.78 is 17.3. The zero-order chi connectivity index (χ0) is 14.7. The van der Waals surface area contributed by atoms with Gasteiger partial charge in [0.1, 0.15) is 0 Å². The summed E-state index contributed by atoms with van der Waals surface area (Å²) >= 11 is 0. The van der Waals surface area contributed by atoms with E-state index in [1.807, 2.05) is 0 Å². The van der Waals surface area contributed by atoms with Crippen molar-refractivity contribution < 1.29 is 14.2 Å². The molecule has 2 bridgehead atoms. The average Bonchev–Trinajstić information content (AvgIpc) is 2.47. The van der Waals surface area contributed by atoms with E-state index in [-0.39, 0.29) is 6.10 Å². The third-order valence-electron chi connectivity index (χ3n) is 6.08. The predicted molar refractivity (Wildman–Crippen MR) is 83.4 cm³/mol. The summed E-state index contributed by atoms with van der Waals surface area (Å²) in [6.07, 6.45) is 10.2. The van der Waals surface area contributed by atoms with Gasteiger partial charge in [-0.15, -0.1) is 0 Å². The Kier molecular flexibility index (Phi) is 5.23. The Morgan fingerprint density at radius 1 is 1.19 bits per heavy atom. The van der Waals surface area contributed by atoms with Crippen molar-refractivity contribution >= 4 is 0 Å². The van der Waals surface area contributed by atoms with Crippen LogP contribution in [0, 0.1) is 17.3 Å². The summed E-state index contributed by atoms with van der Waals surface area (Å²) in [4.78, 5) is 0. The van der Waals surface area contributed by atoms with Crippen LogP contribution in [0.1, 0.15) is 58.8 Å². The summed E-state index contributed by atoms with van der Waals surface area (Å²) in [6, 6.07) is 0. The topological polar surface area (TPSA) is 27.7 Å². The molecule has 0 aromatic heterocycles. The summed E-state index contributed by atoms with van der Waals surface area (Å²) in [7, 11) is 0. The minimum Gasteiger partial charge on any atom is -0.378 e. The van der Waals surface area contributed by atoms with E-state index in [9.17, 15) is 0 Å². The highest BCUT2D eigenvalue weighted by molar-refractivity contribution is 4.93. The number of hydrogen-bond acceptors (Lipinski definition) is 3. The monoisotopic (exact) mass is 296 g/mol. The van der Waals surface area contributed by atoms with Crippen LogP contribution in [0.3, 0.4) is 0 Å². The Balaban J connectivity index is 1.44. The van der Waals surface area contributed by atoms with Crippen LogP contribution >= 0.6 is 0 Å².